The number of carbonyl (C=O) groups excluding carboxylic acids is 2. The van der Waals surface area contributed by atoms with Gasteiger partial charge in [0.25, 0.3) is 11.8 Å². The molecule has 0 saturated heterocycles. The highest BCUT2D eigenvalue weighted by molar-refractivity contribution is 6.46. The molecule has 0 spiro atoms. The zero-order valence-electron chi connectivity index (χ0n) is 20.5. The minimum atomic E-state index is -0.370. The number of ether oxygens (including phenoxy) is 1. The van der Waals surface area contributed by atoms with Crippen molar-refractivity contribution in [1.29, 1.82) is 0 Å². The van der Waals surface area contributed by atoms with E-state index in [1.165, 1.54) is 4.90 Å². The van der Waals surface area contributed by atoms with Gasteiger partial charge in [-0.05, 0) is 94.1 Å². The number of amides is 2. The van der Waals surface area contributed by atoms with Crippen LogP contribution in [-0.4, -0.2) is 17.9 Å². The molecule has 34 heavy (non-hydrogen) atoms. The number of carbonyl (C=O) groups is 2. The maximum Gasteiger partial charge on any atom is 0.282 e. The first-order valence-electron chi connectivity index (χ1n) is 11.5. The van der Waals surface area contributed by atoms with Crippen LogP contribution in [0.3, 0.4) is 0 Å². The summed E-state index contributed by atoms with van der Waals surface area (Å²) in [4.78, 5) is 28.6. The normalized spacial score (nSPS) is 13.8. The molecule has 1 heterocycles. The van der Waals surface area contributed by atoms with Gasteiger partial charge in [0, 0.05) is 5.69 Å². The van der Waals surface area contributed by atoms with E-state index in [1.807, 2.05) is 102 Å². The average molecular weight is 455 g/mol. The second-order valence-corrected chi connectivity index (χ2v) is 9.10. The van der Waals surface area contributed by atoms with Crippen molar-refractivity contribution in [1.82, 2.24) is 0 Å². The number of anilines is 2. The molecule has 0 aliphatic carbocycles. The lowest BCUT2D eigenvalue weighted by atomic mass is 10.0. The standard InChI is InChI=1S/C29H30N2O3/c1-17(2)34-24-12-9-22(10-13-24)26-27(30-25-14-7-18(3)15-21(25)6)29(33)31(28(26)32)23-11-8-19(4)20(5)16-23/h7-17,30H,1-6H3. The van der Waals surface area contributed by atoms with Crippen LogP contribution in [0.4, 0.5) is 11.4 Å². The Kier molecular flexibility index (Phi) is 6.29. The van der Waals surface area contributed by atoms with Crippen LogP contribution in [0.2, 0.25) is 0 Å². The molecule has 0 saturated carbocycles. The predicted octanol–water partition coefficient (Wildman–Crippen LogP) is 6.10. The Hall–Kier alpha value is -3.86. The Bertz CT molecular complexity index is 1300. The van der Waals surface area contributed by atoms with Gasteiger partial charge in [-0.1, -0.05) is 35.9 Å². The Morgan fingerprint density at radius 2 is 1.47 bits per heavy atom. The van der Waals surface area contributed by atoms with E-state index in [0.29, 0.717) is 22.6 Å². The van der Waals surface area contributed by atoms with Gasteiger partial charge in [0.05, 0.1) is 17.4 Å². The molecule has 0 atom stereocenters. The third-order valence-corrected chi connectivity index (χ3v) is 5.99. The van der Waals surface area contributed by atoms with Gasteiger partial charge in [-0.2, -0.15) is 0 Å². The van der Waals surface area contributed by atoms with Gasteiger partial charge < -0.3 is 10.1 Å². The number of aryl methyl sites for hydroxylation is 4. The molecule has 3 aromatic rings. The molecule has 0 unspecified atom stereocenters. The second kappa shape index (κ2) is 9.18. The minimum absolute atomic E-state index is 0.0433. The lowest BCUT2D eigenvalue weighted by Gasteiger charge is -2.17. The largest absolute Gasteiger partial charge is 0.491 e. The third-order valence-electron chi connectivity index (χ3n) is 5.99. The molecule has 0 fully saturated rings. The minimum Gasteiger partial charge on any atom is -0.491 e. The fourth-order valence-electron chi connectivity index (χ4n) is 4.07. The highest BCUT2D eigenvalue weighted by Gasteiger charge is 2.40. The Morgan fingerprint density at radius 1 is 0.765 bits per heavy atom. The van der Waals surface area contributed by atoms with Gasteiger partial charge in [-0.3, -0.25) is 9.59 Å². The molecule has 5 nitrogen and oxygen atoms in total. The maximum atomic E-state index is 13.7. The van der Waals surface area contributed by atoms with Crippen LogP contribution in [0.1, 0.15) is 41.7 Å². The molecule has 1 N–H and O–H groups in total. The molecule has 0 bridgehead atoms. The first-order valence-corrected chi connectivity index (χ1v) is 11.5. The van der Waals surface area contributed by atoms with Crippen molar-refractivity contribution in [2.24, 2.45) is 0 Å². The Balaban J connectivity index is 1.80. The molecule has 5 heteroatoms. The van der Waals surface area contributed by atoms with E-state index in [4.69, 9.17) is 4.74 Å². The summed E-state index contributed by atoms with van der Waals surface area (Å²) in [7, 11) is 0. The summed E-state index contributed by atoms with van der Waals surface area (Å²) in [5, 5.41) is 3.27. The molecule has 4 rings (SSSR count). The zero-order valence-corrected chi connectivity index (χ0v) is 20.5. The van der Waals surface area contributed by atoms with Crippen molar-refractivity contribution in [3.8, 4) is 5.75 Å². The van der Waals surface area contributed by atoms with Crippen LogP contribution in [0.5, 0.6) is 5.75 Å². The number of imide groups is 1. The van der Waals surface area contributed by atoms with Gasteiger partial charge in [0.1, 0.15) is 11.4 Å². The van der Waals surface area contributed by atoms with E-state index >= 15 is 0 Å². The smallest absolute Gasteiger partial charge is 0.282 e. The quantitative estimate of drug-likeness (QED) is 0.457. The summed E-state index contributed by atoms with van der Waals surface area (Å²) < 4.78 is 5.75. The van der Waals surface area contributed by atoms with Crippen LogP contribution in [0, 0.1) is 27.7 Å². The van der Waals surface area contributed by atoms with Gasteiger partial charge in [0.2, 0.25) is 0 Å². The zero-order chi connectivity index (χ0) is 24.6. The SMILES string of the molecule is Cc1ccc(NC2=C(c3ccc(OC(C)C)cc3)C(=O)N(c3ccc(C)c(C)c3)C2=O)c(C)c1. The number of nitrogens with one attached hydrogen (secondary N) is 1. The molecule has 0 aromatic heterocycles. The van der Waals surface area contributed by atoms with Crippen molar-refractivity contribution in [3.63, 3.8) is 0 Å². The Labute approximate surface area is 201 Å². The van der Waals surface area contributed by atoms with E-state index in [0.717, 1.165) is 27.9 Å². The van der Waals surface area contributed by atoms with E-state index in [-0.39, 0.29) is 23.6 Å². The number of rotatable bonds is 6. The Morgan fingerprint density at radius 3 is 2.09 bits per heavy atom. The summed E-state index contributed by atoms with van der Waals surface area (Å²) in [5.74, 6) is -0.00481. The molecule has 1 aliphatic heterocycles. The van der Waals surface area contributed by atoms with Gasteiger partial charge in [0.15, 0.2) is 0 Å². The van der Waals surface area contributed by atoms with Gasteiger partial charge in [-0.25, -0.2) is 4.90 Å². The van der Waals surface area contributed by atoms with Crippen molar-refractivity contribution < 1.29 is 14.3 Å². The van der Waals surface area contributed by atoms with E-state index in [2.05, 4.69) is 5.32 Å². The molecule has 3 aromatic carbocycles. The topological polar surface area (TPSA) is 58.6 Å². The third kappa shape index (κ3) is 4.46. The number of benzene rings is 3. The van der Waals surface area contributed by atoms with Crippen molar-refractivity contribution in [3.05, 3.63) is 94.2 Å². The van der Waals surface area contributed by atoms with Crippen LogP contribution >= 0.6 is 0 Å². The van der Waals surface area contributed by atoms with Crippen LogP contribution < -0.4 is 15.0 Å². The van der Waals surface area contributed by atoms with Gasteiger partial charge >= 0.3 is 0 Å². The summed E-state index contributed by atoms with van der Waals surface area (Å²) in [5.41, 5.74) is 6.88. The van der Waals surface area contributed by atoms with Crippen molar-refractivity contribution in [2.45, 2.75) is 47.6 Å². The van der Waals surface area contributed by atoms with Crippen molar-refractivity contribution in [2.75, 3.05) is 10.2 Å². The first kappa shape index (κ1) is 23.3. The van der Waals surface area contributed by atoms with Crippen LogP contribution in [0.25, 0.3) is 5.57 Å². The van der Waals surface area contributed by atoms with Gasteiger partial charge in [-0.15, -0.1) is 0 Å². The lowest BCUT2D eigenvalue weighted by molar-refractivity contribution is -0.120. The fraction of sp³-hybridized carbons (Fsp3) is 0.241. The summed E-state index contributed by atoms with van der Waals surface area (Å²) in [6, 6.07) is 18.9. The molecule has 0 radical (unpaired) electrons. The van der Waals surface area contributed by atoms with E-state index in [1.54, 1.807) is 0 Å². The maximum absolute atomic E-state index is 13.7. The number of hydrogen-bond acceptors (Lipinski definition) is 4. The lowest BCUT2D eigenvalue weighted by Crippen LogP contribution is -2.32. The van der Waals surface area contributed by atoms with Crippen LogP contribution in [-0.2, 0) is 9.59 Å². The molecule has 1 aliphatic rings. The number of hydrogen-bond donors (Lipinski definition) is 1. The van der Waals surface area contributed by atoms with E-state index < -0.39 is 0 Å². The summed E-state index contributed by atoms with van der Waals surface area (Å²) in [6.07, 6.45) is 0.0433. The fourth-order valence-corrected chi connectivity index (χ4v) is 4.07. The van der Waals surface area contributed by atoms with Crippen LogP contribution in [0.15, 0.2) is 66.4 Å². The van der Waals surface area contributed by atoms with Crippen molar-refractivity contribution >= 4 is 28.8 Å². The monoisotopic (exact) mass is 454 g/mol. The first-order chi connectivity index (χ1) is 16.2. The van der Waals surface area contributed by atoms with E-state index in [9.17, 15) is 9.59 Å². The summed E-state index contributed by atoms with van der Waals surface area (Å²) >= 11 is 0. The predicted molar refractivity (Wildman–Crippen MR) is 137 cm³/mol. The number of nitrogens with zero attached hydrogens (tertiary/aromatic N) is 1. The second-order valence-electron chi connectivity index (χ2n) is 9.10. The molecule has 2 amide bonds. The molecular weight excluding hydrogens is 424 g/mol. The average Bonchev–Trinajstić information content (AvgIpc) is 3.02. The molecular formula is C29H30N2O3. The molecule has 174 valence electrons. The highest BCUT2D eigenvalue weighted by Crippen LogP contribution is 2.35. The summed E-state index contributed by atoms with van der Waals surface area (Å²) in [6.45, 7) is 11.9. The highest BCUT2D eigenvalue weighted by atomic mass is 16.5.